The van der Waals surface area contributed by atoms with Gasteiger partial charge in [0.1, 0.15) is 10.8 Å². The van der Waals surface area contributed by atoms with Crippen molar-refractivity contribution in [2.45, 2.75) is 58.8 Å². The van der Waals surface area contributed by atoms with Gasteiger partial charge in [0.15, 0.2) is 0 Å². The Morgan fingerprint density at radius 3 is 2.41 bits per heavy atom. The van der Waals surface area contributed by atoms with E-state index < -0.39 is 0 Å². The number of rotatable bonds is 3. The smallest absolute Gasteiger partial charge is 0.142 e. The second-order valence-corrected chi connectivity index (χ2v) is 6.37. The molecule has 17 heavy (non-hydrogen) atoms. The van der Waals surface area contributed by atoms with Gasteiger partial charge in [-0.1, -0.05) is 25.7 Å². The van der Waals surface area contributed by atoms with Gasteiger partial charge in [-0.25, -0.2) is 4.98 Å². The summed E-state index contributed by atoms with van der Waals surface area (Å²) < 4.78 is 0. The van der Waals surface area contributed by atoms with E-state index in [0.717, 1.165) is 23.5 Å². The number of nitrogens with zero attached hydrogens (tertiary/aromatic N) is 1. The van der Waals surface area contributed by atoms with Crippen molar-refractivity contribution in [1.82, 2.24) is 4.98 Å². The van der Waals surface area contributed by atoms with Gasteiger partial charge in [-0.3, -0.25) is 4.79 Å². The number of hydrogen-bond donors (Lipinski definition) is 0. The van der Waals surface area contributed by atoms with Crippen LogP contribution < -0.4 is 0 Å². The van der Waals surface area contributed by atoms with Gasteiger partial charge in [0.2, 0.25) is 0 Å². The molecule has 2 rings (SSSR count). The Bertz CT molecular complexity index is 369. The van der Waals surface area contributed by atoms with Crippen LogP contribution in [0.5, 0.6) is 0 Å². The van der Waals surface area contributed by atoms with Crippen molar-refractivity contribution >= 4 is 17.1 Å². The molecule has 1 saturated carbocycles. The molecule has 1 fully saturated rings. The number of aryl methyl sites for hydroxylation is 2. The van der Waals surface area contributed by atoms with Gasteiger partial charge in [-0.15, -0.1) is 11.3 Å². The van der Waals surface area contributed by atoms with Gasteiger partial charge in [-0.2, -0.15) is 0 Å². The molecule has 0 radical (unpaired) electrons. The Morgan fingerprint density at radius 1 is 1.24 bits per heavy atom. The summed E-state index contributed by atoms with van der Waals surface area (Å²) >= 11 is 1.68. The molecule has 1 aromatic heterocycles. The molecule has 2 nitrogen and oxygen atoms in total. The zero-order valence-electron chi connectivity index (χ0n) is 10.8. The third kappa shape index (κ3) is 3.38. The minimum Gasteiger partial charge on any atom is -0.299 e. The molecular formula is C14H21NOS. The van der Waals surface area contributed by atoms with Crippen LogP contribution in [0.3, 0.4) is 0 Å². The summed E-state index contributed by atoms with van der Waals surface area (Å²) in [6, 6.07) is 0. The molecule has 3 heteroatoms. The lowest BCUT2D eigenvalue weighted by molar-refractivity contribution is -0.122. The topological polar surface area (TPSA) is 30.0 Å². The van der Waals surface area contributed by atoms with Crippen molar-refractivity contribution in [3.63, 3.8) is 0 Å². The molecule has 1 aromatic rings. The van der Waals surface area contributed by atoms with Gasteiger partial charge in [-0.05, 0) is 26.7 Å². The Balaban J connectivity index is 1.95. The summed E-state index contributed by atoms with van der Waals surface area (Å²) in [5, 5.41) is 1.01. The highest BCUT2D eigenvalue weighted by Gasteiger charge is 2.21. The summed E-state index contributed by atoms with van der Waals surface area (Å²) in [6.07, 6.45) is 7.82. The molecule has 0 bridgehead atoms. The van der Waals surface area contributed by atoms with E-state index in [9.17, 15) is 4.79 Å². The van der Waals surface area contributed by atoms with Crippen molar-refractivity contribution in [2.24, 2.45) is 5.92 Å². The highest BCUT2D eigenvalue weighted by molar-refractivity contribution is 7.11. The average Bonchev–Trinajstić information content (AvgIpc) is 2.54. The summed E-state index contributed by atoms with van der Waals surface area (Å²) in [5.74, 6) is 0.725. The number of aromatic nitrogens is 1. The molecule has 1 aliphatic carbocycles. The predicted octanol–water partition coefficient (Wildman–Crippen LogP) is 3.84. The molecule has 94 valence electrons. The fraction of sp³-hybridized carbons (Fsp3) is 0.714. The molecule has 0 aliphatic heterocycles. The molecule has 0 unspecified atom stereocenters. The van der Waals surface area contributed by atoms with Crippen LogP contribution in [-0.4, -0.2) is 10.8 Å². The van der Waals surface area contributed by atoms with Crippen LogP contribution in [0.2, 0.25) is 0 Å². The Labute approximate surface area is 107 Å². The third-order valence-corrected chi connectivity index (χ3v) is 4.78. The van der Waals surface area contributed by atoms with Crippen LogP contribution in [0, 0.1) is 19.8 Å². The summed E-state index contributed by atoms with van der Waals surface area (Å²) in [5.41, 5.74) is 1.08. The zero-order valence-corrected chi connectivity index (χ0v) is 11.6. The molecular weight excluding hydrogens is 230 g/mol. The maximum Gasteiger partial charge on any atom is 0.142 e. The van der Waals surface area contributed by atoms with Crippen molar-refractivity contribution in [3.8, 4) is 0 Å². The summed E-state index contributed by atoms with van der Waals surface area (Å²) in [4.78, 5) is 17.9. The number of hydrogen-bond acceptors (Lipinski definition) is 3. The van der Waals surface area contributed by atoms with E-state index in [1.54, 1.807) is 11.3 Å². The SMILES string of the molecule is Cc1nc(CC(=O)C2CCCCCC2)sc1C. The minimum atomic E-state index is 0.307. The third-order valence-electron chi connectivity index (χ3n) is 3.71. The van der Waals surface area contributed by atoms with E-state index in [0.29, 0.717) is 18.1 Å². The van der Waals surface area contributed by atoms with E-state index in [-0.39, 0.29) is 0 Å². The standard InChI is InChI=1S/C14H21NOS/c1-10-11(2)17-14(15-10)9-13(16)12-7-5-3-4-6-8-12/h12H,3-9H2,1-2H3. The van der Waals surface area contributed by atoms with Gasteiger partial charge in [0, 0.05) is 10.8 Å². The molecule has 1 aliphatic rings. The molecule has 1 heterocycles. The maximum absolute atomic E-state index is 12.2. The molecule has 0 saturated heterocycles. The Kier molecular flexibility index (Phi) is 4.32. The first-order valence-corrected chi connectivity index (χ1v) is 7.44. The van der Waals surface area contributed by atoms with Crippen molar-refractivity contribution in [3.05, 3.63) is 15.6 Å². The Hall–Kier alpha value is -0.700. The van der Waals surface area contributed by atoms with E-state index in [1.807, 2.05) is 6.92 Å². The fourth-order valence-electron chi connectivity index (χ4n) is 2.51. The number of carbonyl (C=O) groups is 1. The molecule has 0 amide bonds. The van der Waals surface area contributed by atoms with Gasteiger partial charge >= 0.3 is 0 Å². The van der Waals surface area contributed by atoms with E-state index in [1.165, 1.54) is 30.6 Å². The molecule has 0 atom stereocenters. The van der Waals surface area contributed by atoms with Crippen LogP contribution >= 0.6 is 11.3 Å². The number of carbonyl (C=O) groups excluding carboxylic acids is 1. The van der Waals surface area contributed by atoms with Gasteiger partial charge in [0.05, 0.1) is 12.1 Å². The lowest BCUT2D eigenvalue weighted by atomic mass is 9.94. The molecule has 0 spiro atoms. The van der Waals surface area contributed by atoms with Gasteiger partial charge < -0.3 is 0 Å². The van der Waals surface area contributed by atoms with Crippen LogP contribution in [0.1, 0.15) is 54.1 Å². The first kappa shape index (κ1) is 12.7. The molecule has 0 aromatic carbocycles. The van der Waals surface area contributed by atoms with Crippen LogP contribution in [0.25, 0.3) is 0 Å². The maximum atomic E-state index is 12.2. The molecule has 0 N–H and O–H groups in total. The lowest BCUT2D eigenvalue weighted by Gasteiger charge is -2.11. The zero-order chi connectivity index (χ0) is 12.3. The minimum absolute atomic E-state index is 0.307. The second-order valence-electron chi connectivity index (χ2n) is 5.08. The normalized spacial score (nSPS) is 18.0. The average molecular weight is 251 g/mol. The van der Waals surface area contributed by atoms with Crippen LogP contribution in [-0.2, 0) is 11.2 Å². The number of ketones is 1. The largest absolute Gasteiger partial charge is 0.299 e. The predicted molar refractivity (Wildman–Crippen MR) is 71.5 cm³/mol. The van der Waals surface area contributed by atoms with E-state index >= 15 is 0 Å². The first-order chi connectivity index (χ1) is 8.16. The number of Topliss-reactive ketones (excluding diaryl/α,β-unsaturated/α-hetero) is 1. The van der Waals surface area contributed by atoms with Crippen molar-refractivity contribution in [1.29, 1.82) is 0 Å². The van der Waals surface area contributed by atoms with E-state index in [2.05, 4.69) is 11.9 Å². The van der Waals surface area contributed by atoms with Crippen LogP contribution in [0.4, 0.5) is 0 Å². The summed E-state index contributed by atoms with van der Waals surface area (Å²) in [6.45, 7) is 4.10. The number of thiazole rings is 1. The first-order valence-electron chi connectivity index (χ1n) is 6.62. The summed E-state index contributed by atoms with van der Waals surface area (Å²) in [7, 11) is 0. The van der Waals surface area contributed by atoms with Crippen LogP contribution in [0.15, 0.2) is 0 Å². The van der Waals surface area contributed by atoms with Crippen molar-refractivity contribution in [2.75, 3.05) is 0 Å². The van der Waals surface area contributed by atoms with E-state index in [4.69, 9.17) is 0 Å². The van der Waals surface area contributed by atoms with Crippen molar-refractivity contribution < 1.29 is 4.79 Å². The second kappa shape index (κ2) is 5.76. The monoisotopic (exact) mass is 251 g/mol. The van der Waals surface area contributed by atoms with Gasteiger partial charge in [0.25, 0.3) is 0 Å². The lowest BCUT2D eigenvalue weighted by Crippen LogP contribution is -2.16. The fourth-order valence-corrected chi connectivity index (χ4v) is 3.45. The Morgan fingerprint density at radius 2 is 1.88 bits per heavy atom. The highest BCUT2D eigenvalue weighted by atomic mass is 32.1. The quantitative estimate of drug-likeness (QED) is 0.764. The highest BCUT2D eigenvalue weighted by Crippen LogP contribution is 2.26.